The van der Waals surface area contributed by atoms with Gasteiger partial charge >= 0.3 is 12.4 Å². The summed E-state index contributed by atoms with van der Waals surface area (Å²) in [6.07, 6.45) is -8.76. The lowest BCUT2D eigenvalue weighted by atomic mass is 10.0. The van der Waals surface area contributed by atoms with Gasteiger partial charge in [-0.3, -0.25) is 14.4 Å². The average Bonchev–Trinajstić information content (AvgIpc) is 3.60. The zero-order valence-corrected chi connectivity index (χ0v) is 33.4. The summed E-state index contributed by atoms with van der Waals surface area (Å²) in [7, 11) is 0. The average molecular weight is 864 g/mol. The molecular weight excluding hydrogens is 825 g/mol. The molecule has 2 aromatic heterocycles. The predicted molar refractivity (Wildman–Crippen MR) is 227 cm³/mol. The molecule has 8 rings (SSSR count). The lowest BCUT2D eigenvalue weighted by Crippen LogP contribution is -2.28. The number of halogens is 6. The van der Waals surface area contributed by atoms with Crippen molar-refractivity contribution in [2.45, 2.75) is 25.4 Å². The quantitative estimate of drug-likeness (QED) is 0.107. The summed E-state index contributed by atoms with van der Waals surface area (Å²) in [5.74, 6) is -1.22. The van der Waals surface area contributed by atoms with Gasteiger partial charge in [0.25, 0.3) is 18.5 Å². The van der Waals surface area contributed by atoms with Crippen molar-refractivity contribution in [2.75, 3.05) is 42.6 Å². The Kier molecular flexibility index (Phi) is 12.8. The van der Waals surface area contributed by atoms with Crippen molar-refractivity contribution in [1.29, 1.82) is 0 Å². The molecule has 0 fully saturated rings. The molecule has 0 atom stereocenters. The number of carbonyl (C=O) groups is 2. The first-order chi connectivity index (χ1) is 30.1. The molecule has 4 heterocycles. The first kappa shape index (κ1) is 43.8. The highest BCUT2D eigenvalue weighted by molar-refractivity contribution is 5.92. The van der Waals surface area contributed by atoms with Gasteiger partial charge in [-0.2, -0.15) is 26.3 Å². The summed E-state index contributed by atoms with van der Waals surface area (Å²) in [5, 5.41) is 3.33. The second kappa shape index (κ2) is 18.4. The van der Waals surface area contributed by atoms with Gasteiger partial charge in [0.05, 0.1) is 22.5 Å². The standard InChI is InChI=1S/C24H20F3N5O.C22H19F3N4O/c1-29-15-31-11-12-32(19-8-6-18(7-9-19)24(25,26)27)22-10-5-16(13-17(22)14-31)20-3-2-4-21(30-20)23(28)33;23-22(24,25)16-5-7-17(8-6-16)29-11-10-27-13-15-12-14(4-9-20(15)29)18-2-1-3-19(28-18)21(26)30/h2-10,13H,11-12,14-15H2,(H2,28,33);1-9,12,27H,10-11,13H2,(H2,26,30). The Labute approximate surface area is 358 Å². The molecule has 0 spiro atoms. The van der Waals surface area contributed by atoms with Gasteiger partial charge in [0, 0.05) is 73.1 Å². The minimum Gasteiger partial charge on any atom is -0.364 e. The largest absolute Gasteiger partial charge is 0.416 e. The molecule has 17 heteroatoms. The first-order valence-corrected chi connectivity index (χ1v) is 19.6. The Balaban J connectivity index is 0.000000190. The van der Waals surface area contributed by atoms with Crippen LogP contribution in [0.1, 0.15) is 43.2 Å². The lowest BCUT2D eigenvalue weighted by Gasteiger charge is -2.25. The minimum absolute atomic E-state index is 0.156. The molecule has 0 radical (unpaired) electrons. The number of fused-ring (bicyclic) bond motifs is 2. The van der Waals surface area contributed by atoms with Gasteiger partial charge in [-0.1, -0.05) is 24.3 Å². The van der Waals surface area contributed by atoms with Crippen LogP contribution in [-0.4, -0.2) is 59.5 Å². The number of carbonyl (C=O) groups excluding carboxylic acids is 2. The molecule has 2 aliphatic rings. The molecule has 2 aliphatic heterocycles. The maximum Gasteiger partial charge on any atom is 0.416 e. The Morgan fingerprint density at radius 1 is 0.635 bits per heavy atom. The monoisotopic (exact) mass is 863 g/mol. The van der Waals surface area contributed by atoms with E-state index < -0.39 is 35.3 Å². The molecule has 4 aromatic carbocycles. The van der Waals surface area contributed by atoms with Crippen LogP contribution in [0.25, 0.3) is 27.4 Å². The molecule has 5 N–H and O–H groups in total. The molecule has 2 amide bonds. The highest BCUT2D eigenvalue weighted by atomic mass is 19.4. The maximum absolute atomic E-state index is 13.0. The third-order valence-electron chi connectivity index (χ3n) is 10.5. The molecule has 0 saturated heterocycles. The summed E-state index contributed by atoms with van der Waals surface area (Å²) in [4.78, 5) is 41.0. The Hall–Kier alpha value is -7.29. The number of nitrogens with two attached hydrogens (primary N) is 2. The van der Waals surface area contributed by atoms with Crippen LogP contribution >= 0.6 is 0 Å². The molecule has 6 aromatic rings. The van der Waals surface area contributed by atoms with Gasteiger partial charge in [-0.05, 0) is 108 Å². The summed E-state index contributed by atoms with van der Waals surface area (Å²) in [5.41, 5.74) is 17.4. The lowest BCUT2D eigenvalue weighted by molar-refractivity contribution is -0.138. The number of hydrogen-bond donors (Lipinski definition) is 3. The van der Waals surface area contributed by atoms with Gasteiger partial charge in [0.2, 0.25) is 0 Å². The Morgan fingerprint density at radius 3 is 1.59 bits per heavy atom. The van der Waals surface area contributed by atoms with Gasteiger partial charge in [0.15, 0.2) is 0 Å². The summed E-state index contributed by atoms with van der Waals surface area (Å²) < 4.78 is 77.7. The number of benzene rings is 4. The minimum atomic E-state index is -4.40. The molecule has 0 aliphatic carbocycles. The third kappa shape index (κ3) is 10.3. The van der Waals surface area contributed by atoms with E-state index in [0.717, 1.165) is 57.9 Å². The fraction of sp³-hybridized carbons (Fsp3) is 0.196. The van der Waals surface area contributed by atoms with Crippen molar-refractivity contribution in [3.63, 3.8) is 0 Å². The number of nitrogens with zero attached hydrogens (tertiary/aromatic N) is 6. The number of alkyl halides is 6. The number of anilines is 4. The smallest absolute Gasteiger partial charge is 0.364 e. The number of rotatable bonds is 7. The van der Waals surface area contributed by atoms with Crippen LogP contribution in [0.5, 0.6) is 0 Å². The second-order valence-corrected chi connectivity index (χ2v) is 14.7. The van der Waals surface area contributed by atoms with Crippen LogP contribution in [0.15, 0.2) is 121 Å². The number of aromatic nitrogens is 2. The number of amides is 2. The van der Waals surface area contributed by atoms with E-state index in [1.54, 1.807) is 36.4 Å². The van der Waals surface area contributed by atoms with Crippen LogP contribution in [0.3, 0.4) is 0 Å². The molecule has 0 saturated carbocycles. The van der Waals surface area contributed by atoms with E-state index in [1.807, 2.05) is 51.1 Å². The molecule has 63 heavy (non-hydrogen) atoms. The zero-order valence-electron chi connectivity index (χ0n) is 33.4. The summed E-state index contributed by atoms with van der Waals surface area (Å²) in [6, 6.07) is 31.8. The summed E-state index contributed by atoms with van der Waals surface area (Å²) in [6.45, 7) is 10.9. The van der Waals surface area contributed by atoms with Crippen LogP contribution < -0.4 is 26.6 Å². The normalized spacial score (nSPS) is 14.2. The van der Waals surface area contributed by atoms with Gasteiger partial charge in [0.1, 0.15) is 11.4 Å². The highest BCUT2D eigenvalue weighted by Gasteiger charge is 2.32. The van der Waals surface area contributed by atoms with E-state index in [4.69, 9.17) is 18.0 Å². The fourth-order valence-electron chi connectivity index (χ4n) is 7.38. The van der Waals surface area contributed by atoms with Crippen molar-refractivity contribution < 1.29 is 35.9 Å². The van der Waals surface area contributed by atoms with Gasteiger partial charge in [-0.25, -0.2) is 21.4 Å². The van der Waals surface area contributed by atoms with Gasteiger partial charge in [-0.15, -0.1) is 0 Å². The van der Waals surface area contributed by atoms with Crippen molar-refractivity contribution >= 4 is 34.6 Å². The van der Waals surface area contributed by atoms with E-state index in [2.05, 4.69) is 20.1 Å². The van der Waals surface area contributed by atoms with Crippen LogP contribution in [-0.2, 0) is 25.4 Å². The van der Waals surface area contributed by atoms with E-state index in [-0.39, 0.29) is 18.1 Å². The second-order valence-electron chi connectivity index (χ2n) is 14.7. The van der Waals surface area contributed by atoms with E-state index in [1.165, 1.54) is 24.3 Å². The van der Waals surface area contributed by atoms with Crippen LogP contribution in [0.4, 0.5) is 49.1 Å². The molecule has 322 valence electrons. The van der Waals surface area contributed by atoms with Crippen LogP contribution in [0, 0.1) is 6.57 Å². The van der Waals surface area contributed by atoms with Crippen molar-refractivity contribution in [3.05, 3.63) is 166 Å². The molecule has 0 bridgehead atoms. The summed E-state index contributed by atoms with van der Waals surface area (Å²) >= 11 is 0. The number of hydrogen-bond acceptors (Lipinski definition) is 8. The highest BCUT2D eigenvalue weighted by Crippen LogP contribution is 2.38. The molecule has 0 unspecified atom stereocenters. The fourth-order valence-corrected chi connectivity index (χ4v) is 7.38. The van der Waals surface area contributed by atoms with E-state index in [0.29, 0.717) is 62.0 Å². The molecular formula is C46H39F6N9O2. The van der Waals surface area contributed by atoms with E-state index in [9.17, 15) is 35.9 Å². The Morgan fingerprint density at radius 2 is 1.11 bits per heavy atom. The molecule has 11 nitrogen and oxygen atoms in total. The predicted octanol–water partition coefficient (Wildman–Crippen LogP) is 8.80. The third-order valence-corrected chi connectivity index (χ3v) is 10.5. The SMILES string of the molecule is NC(=O)c1cccc(-c2ccc3c(c2)CNCCN3c2ccc(C(F)(F)F)cc2)n1.[C-]#[N+]CN1CCN(c2ccc(C(F)(F)F)cc2)c2ccc(-c3cccc(C(N)=O)n3)cc2C1. The van der Waals surface area contributed by atoms with E-state index >= 15 is 0 Å². The van der Waals surface area contributed by atoms with Crippen molar-refractivity contribution in [3.8, 4) is 22.5 Å². The van der Waals surface area contributed by atoms with Crippen molar-refractivity contribution in [2.24, 2.45) is 11.5 Å². The number of primary amides is 2. The number of pyridine rings is 2. The first-order valence-electron chi connectivity index (χ1n) is 19.6. The van der Waals surface area contributed by atoms with Crippen LogP contribution in [0.2, 0.25) is 0 Å². The maximum atomic E-state index is 13.0. The van der Waals surface area contributed by atoms with Crippen molar-refractivity contribution in [1.82, 2.24) is 20.2 Å². The number of nitrogens with one attached hydrogen (secondary N) is 1. The van der Waals surface area contributed by atoms with Gasteiger partial charge < -0.3 is 26.6 Å². The zero-order chi connectivity index (χ0) is 44.9. The topological polar surface area (TPSA) is 138 Å². The Bertz CT molecular complexity index is 2660.